The molecule has 5 rings (SSSR count). The van der Waals surface area contributed by atoms with Crippen LogP contribution in [0.15, 0.2) is 63.9 Å². The Bertz CT molecular complexity index is 1120. The molecule has 0 radical (unpaired) electrons. The second kappa shape index (κ2) is 8.59. The fourth-order valence-electron chi connectivity index (χ4n) is 4.10. The molecule has 0 unspecified atom stereocenters. The number of ether oxygens (including phenoxy) is 1. The van der Waals surface area contributed by atoms with Crippen LogP contribution in [-0.2, 0) is 4.74 Å². The number of fused-ring (bicyclic) bond motifs is 1. The number of nitrogens with zero attached hydrogens (tertiary/aromatic N) is 3. The lowest BCUT2D eigenvalue weighted by molar-refractivity contribution is 0.0691. The minimum Gasteiger partial charge on any atom is -0.420 e. The van der Waals surface area contributed by atoms with Crippen molar-refractivity contribution >= 4 is 29.4 Å². The average molecular weight is 434 g/mol. The molecule has 3 aromatic rings. The maximum absolute atomic E-state index is 12.9. The van der Waals surface area contributed by atoms with Gasteiger partial charge in [-0.3, -0.25) is 0 Å². The summed E-state index contributed by atoms with van der Waals surface area (Å²) in [6.07, 6.45) is 5.79. The molecule has 1 fully saturated rings. The number of hydrogen-bond donors (Lipinski definition) is 0. The molecule has 158 valence electrons. The first-order chi connectivity index (χ1) is 15.2. The minimum atomic E-state index is -0.421. The summed E-state index contributed by atoms with van der Waals surface area (Å²) in [5.74, 6) is 1.37. The standard InChI is InChI=1S/C24H23N3O3S/c1-27-20(23-26-25-22(30-23)16-10-4-2-5-11-16)21(18-14-8-9-15-19(18)31-27)29-24(28)17-12-6-3-7-13-17/h3,6-9,12-16H,2,4-5,10-11H2,1H3. The van der Waals surface area contributed by atoms with Gasteiger partial charge in [0.2, 0.25) is 5.89 Å². The van der Waals surface area contributed by atoms with Crippen molar-refractivity contribution in [1.82, 2.24) is 14.5 Å². The summed E-state index contributed by atoms with van der Waals surface area (Å²) >= 11 is 1.54. The van der Waals surface area contributed by atoms with Crippen molar-refractivity contribution < 1.29 is 13.9 Å². The fourth-order valence-corrected chi connectivity index (χ4v) is 5.05. The average Bonchev–Trinajstić information content (AvgIpc) is 3.30. The predicted molar refractivity (Wildman–Crippen MR) is 119 cm³/mol. The Kier molecular flexibility index (Phi) is 5.51. The van der Waals surface area contributed by atoms with Crippen molar-refractivity contribution in [2.45, 2.75) is 42.9 Å². The molecule has 0 N–H and O–H groups in total. The molecule has 1 aliphatic heterocycles. The molecule has 1 saturated carbocycles. The lowest BCUT2D eigenvalue weighted by Gasteiger charge is -2.28. The highest BCUT2D eigenvalue weighted by Crippen LogP contribution is 2.44. The predicted octanol–water partition coefficient (Wildman–Crippen LogP) is 5.75. The number of esters is 1. The molecule has 7 heteroatoms. The lowest BCUT2D eigenvalue weighted by atomic mass is 9.89. The molecule has 2 aromatic carbocycles. The van der Waals surface area contributed by atoms with E-state index in [4.69, 9.17) is 9.15 Å². The van der Waals surface area contributed by atoms with Gasteiger partial charge < -0.3 is 13.5 Å². The van der Waals surface area contributed by atoms with E-state index in [2.05, 4.69) is 10.2 Å². The van der Waals surface area contributed by atoms with Gasteiger partial charge in [-0.2, -0.15) is 0 Å². The third-order valence-electron chi connectivity index (χ3n) is 5.70. The molecule has 6 nitrogen and oxygen atoms in total. The van der Waals surface area contributed by atoms with Gasteiger partial charge in [0.15, 0.2) is 11.5 Å². The summed E-state index contributed by atoms with van der Waals surface area (Å²) in [5, 5.41) is 8.70. The maximum atomic E-state index is 12.9. The molecular weight excluding hydrogens is 410 g/mol. The van der Waals surface area contributed by atoms with Crippen LogP contribution in [0.3, 0.4) is 0 Å². The number of rotatable bonds is 4. The molecule has 0 bridgehead atoms. The van der Waals surface area contributed by atoms with E-state index in [1.165, 1.54) is 19.3 Å². The Labute approximate surface area is 185 Å². The van der Waals surface area contributed by atoms with Crippen LogP contribution >= 0.6 is 11.9 Å². The molecule has 1 aliphatic carbocycles. The summed E-state index contributed by atoms with van der Waals surface area (Å²) in [4.78, 5) is 13.9. The van der Waals surface area contributed by atoms with Crippen molar-refractivity contribution in [1.29, 1.82) is 0 Å². The van der Waals surface area contributed by atoms with Gasteiger partial charge in [0, 0.05) is 23.4 Å². The van der Waals surface area contributed by atoms with Gasteiger partial charge in [0.1, 0.15) is 0 Å². The van der Waals surface area contributed by atoms with E-state index in [0.717, 1.165) is 23.3 Å². The maximum Gasteiger partial charge on any atom is 0.343 e. The van der Waals surface area contributed by atoms with E-state index >= 15 is 0 Å². The summed E-state index contributed by atoms with van der Waals surface area (Å²) < 4.78 is 14.0. The van der Waals surface area contributed by atoms with Crippen LogP contribution in [0.5, 0.6) is 0 Å². The third-order valence-corrected chi connectivity index (χ3v) is 6.71. The molecule has 0 spiro atoms. The van der Waals surface area contributed by atoms with Crippen LogP contribution < -0.4 is 0 Å². The fraction of sp³-hybridized carbons (Fsp3) is 0.292. The highest BCUT2D eigenvalue weighted by Gasteiger charge is 2.32. The van der Waals surface area contributed by atoms with Crippen LogP contribution in [0.2, 0.25) is 0 Å². The highest BCUT2D eigenvalue weighted by molar-refractivity contribution is 7.97. The smallest absolute Gasteiger partial charge is 0.343 e. The molecule has 0 atom stereocenters. The van der Waals surface area contributed by atoms with Crippen LogP contribution in [-0.4, -0.2) is 27.5 Å². The van der Waals surface area contributed by atoms with E-state index in [-0.39, 0.29) is 0 Å². The van der Waals surface area contributed by atoms with Crippen molar-refractivity contribution in [3.63, 3.8) is 0 Å². The molecular formula is C24H23N3O3S. The van der Waals surface area contributed by atoms with Crippen LogP contribution in [0, 0.1) is 0 Å². The first kappa shape index (κ1) is 19.9. The molecule has 31 heavy (non-hydrogen) atoms. The van der Waals surface area contributed by atoms with Crippen molar-refractivity contribution in [2.75, 3.05) is 7.05 Å². The quantitative estimate of drug-likeness (QED) is 0.383. The van der Waals surface area contributed by atoms with Crippen molar-refractivity contribution in [3.05, 3.63) is 77.5 Å². The second-order valence-electron chi connectivity index (χ2n) is 7.80. The number of carbonyl (C=O) groups excluding carboxylic acids is 1. The Balaban J connectivity index is 1.57. The summed E-state index contributed by atoms with van der Waals surface area (Å²) in [7, 11) is 1.91. The molecule has 0 saturated heterocycles. The monoisotopic (exact) mass is 433 g/mol. The van der Waals surface area contributed by atoms with Crippen LogP contribution in [0.4, 0.5) is 0 Å². The van der Waals surface area contributed by atoms with E-state index in [9.17, 15) is 4.79 Å². The van der Waals surface area contributed by atoms with Gasteiger partial charge in [-0.25, -0.2) is 4.79 Å². The first-order valence-corrected chi connectivity index (χ1v) is 11.3. The minimum absolute atomic E-state index is 0.305. The molecule has 0 amide bonds. The Morgan fingerprint density at radius 3 is 2.58 bits per heavy atom. The zero-order valence-electron chi connectivity index (χ0n) is 17.3. The second-order valence-corrected chi connectivity index (χ2v) is 8.97. The largest absolute Gasteiger partial charge is 0.420 e. The highest BCUT2D eigenvalue weighted by atomic mass is 32.2. The number of carbonyl (C=O) groups is 1. The van der Waals surface area contributed by atoms with Crippen molar-refractivity contribution in [3.8, 4) is 0 Å². The van der Waals surface area contributed by atoms with E-state index in [0.29, 0.717) is 34.7 Å². The zero-order valence-corrected chi connectivity index (χ0v) is 18.1. The molecule has 1 aromatic heterocycles. The van der Waals surface area contributed by atoms with Gasteiger partial charge in [-0.05, 0) is 49.1 Å². The number of benzene rings is 2. The van der Waals surface area contributed by atoms with Gasteiger partial charge in [0.25, 0.3) is 5.89 Å². The number of aromatic nitrogens is 2. The zero-order chi connectivity index (χ0) is 21.2. The Morgan fingerprint density at radius 2 is 1.77 bits per heavy atom. The summed E-state index contributed by atoms with van der Waals surface area (Å²) in [6, 6.07) is 16.8. The van der Waals surface area contributed by atoms with E-state index in [1.807, 2.05) is 53.8 Å². The van der Waals surface area contributed by atoms with Gasteiger partial charge in [0.05, 0.1) is 5.56 Å². The Morgan fingerprint density at radius 1 is 1.03 bits per heavy atom. The van der Waals surface area contributed by atoms with Crippen molar-refractivity contribution in [2.24, 2.45) is 0 Å². The molecule has 2 aliphatic rings. The molecule has 2 heterocycles. The van der Waals surface area contributed by atoms with E-state index < -0.39 is 5.97 Å². The Hall–Kier alpha value is -3.06. The third kappa shape index (κ3) is 3.97. The van der Waals surface area contributed by atoms with Gasteiger partial charge >= 0.3 is 5.97 Å². The lowest BCUT2D eigenvalue weighted by Crippen LogP contribution is -2.18. The SMILES string of the molecule is CN1Sc2ccccc2C(OC(=O)c2ccccc2)=C1c1nnc(C2CCCCC2)o1. The van der Waals surface area contributed by atoms with Crippen LogP contribution in [0.1, 0.15) is 65.7 Å². The first-order valence-electron chi connectivity index (χ1n) is 10.6. The van der Waals surface area contributed by atoms with E-state index in [1.54, 1.807) is 24.1 Å². The van der Waals surface area contributed by atoms with Crippen LogP contribution in [0.25, 0.3) is 11.5 Å². The number of hydrogen-bond acceptors (Lipinski definition) is 7. The van der Waals surface area contributed by atoms with Gasteiger partial charge in [-0.1, -0.05) is 49.6 Å². The topological polar surface area (TPSA) is 68.5 Å². The normalized spacial score (nSPS) is 16.9. The summed E-state index contributed by atoms with van der Waals surface area (Å²) in [6.45, 7) is 0. The summed E-state index contributed by atoms with van der Waals surface area (Å²) in [5.41, 5.74) is 1.94. The van der Waals surface area contributed by atoms with Gasteiger partial charge in [-0.15, -0.1) is 10.2 Å².